The van der Waals surface area contributed by atoms with Gasteiger partial charge in [-0.15, -0.1) is 0 Å². The molecule has 0 radical (unpaired) electrons. The van der Waals surface area contributed by atoms with Crippen molar-refractivity contribution >= 4 is 10.8 Å². The van der Waals surface area contributed by atoms with Crippen molar-refractivity contribution in [2.75, 3.05) is 33.3 Å². The molecule has 3 nitrogen and oxygen atoms in total. The van der Waals surface area contributed by atoms with Gasteiger partial charge >= 0.3 is 0 Å². The lowest BCUT2D eigenvalue weighted by Crippen LogP contribution is -2.45. The fourth-order valence-corrected chi connectivity index (χ4v) is 3.40. The first-order valence-corrected chi connectivity index (χ1v) is 7.99. The highest BCUT2D eigenvalue weighted by molar-refractivity contribution is 5.91. The van der Waals surface area contributed by atoms with Crippen LogP contribution < -0.4 is 10.1 Å². The molecular weight excluding hydrogens is 298 g/mol. The van der Waals surface area contributed by atoms with Gasteiger partial charge in [-0.3, -0.25) is 4.90 Å². The highest BCUT2D eigenvalue weighted by Gasteiger charge is 2.27. The maximum Gasteiger partial charge on any atom is 0.240 e. The first-order chi connectivity index (χ1) is 11.2. The normalized spacial score (nSPS) is 17.6. The molecule has 0 saturated carbocycles. The maximum absolute atomic E-state index is 13.2. The van der Waals surface area contributed by atoms with Gasteiger partial charge in [0.2, 0.25) is 6.43 Å². The van der Waals surface area contributed by atoms with E-state index in [4.69, 9.17) is 4.74 Å². The van der Waals surface area contributed by atoms with Crippen molar-refractivity contribution in [3.05, 3.63) is 42.0 Å². The number of fused-ring (bicyclic) bond motifs is 1. The smallest absolute Gasteiger partial charge is 0.240 e. The number of benzene rings is 2. The first-order valence-electron chi connectivity index (χ1n) is 7.99. The molecule has 124 valence electrons. The molecule has 2 aromatic rings. The topological polar surface area (TPSA) is 24.5 Å². The zero-order chi connectivity index (χ0) is 16.2. The lowest BCUT2D eigenvalue weighted by Gasteiger charge is -2.35. The number of methoxy groups -OCH3 is 1. The van der Waals surface area contributed by atoms with Crippen LogP contribution in [-0.2, 0) is 0 Å². The molecule has 23 heavy (non-hydrogen) atoms. The number of rotatable bonds is 5. The molecule has 0 spiro atoms. The molecule has 0 amide bonds. The predicted molar refractivity (Wildman–Crippen MR) is 88.3 cm³/mol. The Morgan fingerprint density at radius 1 is 1.09 bits per heavy atom. The van der Waals surface area contributed by atoms with Gasteiger partial charge in [0.1, 0.15) is 5.75 Å². The third-order valence-corrected chi connectivity index (χ3v) is 4.49. The minimum atomic E-state index is -2.32. The van der Waals surface area contributed by atoms with Crippen molar-refractivity contribution < 1.29 is 13.5 Å². The first kappa shape index (κ1) is 16.1. The van der Waals surface area contributed by atoms with E-state index in [1.807, 2.05) is 36.4 Å². The minimum Gasteiger partial charge on any atom is -0.496 e. The average molecular weight is 320 g/mol. The highest BCUT2D eigenvalue weighted by atomic mass is 19.3. The van der Waals surface area contributed by atoms with E-state index >= 15 is 0 Å². The molecule has 0 aromatic heterocycles. The van der Waals surface area contributed by atoms with E-state index in [1.54, 1.807) is 7.11 Å². The van der Waals surface area contributed by atoms with Gasteiger partial charge in [-0.1, -0.05) is 30.3 Å². The Morgan fingerprint density at radius 3 is 2.43 bits per heavy atom. The van der Waals surface area contributed by atoms with Crippen molar-refractivity contribution in [3.63, 3.8) is 0 Å². The number of ether oxygens (including phenoxy) is 1. The summed E-state index contributed by atoms with van der Waals surface area (Å²) < 4.78 is 31.8. The zero-order valence-electron chi connectivity index (χ0n) is 13.3. The van der Waals surface area contributed by atoms with Crippen LogP contribution in [0.15, 0.2) is 36.4 Å². The second kappa shape index (κ2) is 7.23. The second-order valence-electron chi connectivity index (χ2n) is 5.83. The lowest BCUT2D eigenvalue weighted by molar-refractivity contribution is 0.0744. The van der Waals surface area contributed by atoms with Crippen LogP contribution in [0.4, 0.5) is 8.78 Å². The SMILES string of the molecule is COc1ccc([C@H](CC(F)F)N2CCNCC2)c2ccccc12. The monoisotopic (exact) mass is 320 g/mol. The van der Waals surface area contributed by atoms with Gasteiger partial charge in [-0.25, -0.2) is 8.78 Å². The van der Waals surface area contributed by atoms with E-state index in [-0.39, 0.29) is 12.5 Å². The Morgan fingerprint density at radius 2 is 1.78 bits per heavy atom. The van der Waals surface area contributed by atoms with E-state index in [9.17, 15) is 8.78 Å². The zero-order valence-corrected chi connectivity index (χ0v) is 13.3. The number of nitrogens with one attached hydrogen (secondary N) is 1. The molecule has 0 aliphatic carbocycles. The van der Waals surface area contributed by atoms with E-state index in [0.29, 0.717) is 0 Å². The van der Waals surface area contributed by atoms with Gasteiger partial charge in [0, 0.05) is 44.0 Å². The average Bonchev–Trinajstić information content (AvgIpc) is 2.59. The van der Waals surface area contributed by atoms with Gasteiger partial charge in [-0.2, -0.15) is 0 Å². The molecule has 1 heterocycles. The van der Waals surface area contributed by atoms with Crippen molar-refractivity contribution in [3.8, 4) is 5.75 Å². The third-order valence-electron chi connectivity index (χ3n) is 4.49. The van der Waals surface area contributed by atoms with Crippen LogP contribution in [0.25, 0.3) is 10.8 Å². The van der Waals surface area contributed by atoms with E-state index in [1.165, 1.54) is 0 Å². The molecule has 2 aromatic carbocycles. The fourth-order valence-electron chi connectivity index (χ4n) is 3.40. The Bertz CT molecular complexity index is 657. The molecular formula is C18H22F2N2O. The van der Waals surface area contributed by atoms with Crippen molar-refractivity contribution in [2.24, 2.45) is 0 Å². The van der Waals surface area contributed by atoms with Crippen molar-refractivity contribution in [1.29, 1.82) is 0 Å². The summed E-state index contributed by atoms with van der Waals surface area (Å²) in [5, 5.41) is 5.25. The van der Waals surface area contributed by atoms with Crippen LogP contribution in [0.5, 0.6) is 5.75 Å². The van der Waals surface area contributed by atoms with Gasteiger partial charge in [0.15, 0.2) is 0 Å². The standard InChI is InChI=1S/C18H22F2N2O/c1-23-17-7-6-14(13-4-2-3-5-15(13)17)16(12-18(19)20)22-10-8-21-9-11-22/h2-7,16,18,21H,8-12H2,1H3/t16-/m0/s1. The van der Waals surface area contributed by atoms with E-state index in [0.717, 1.165) is 48.3 Å². The minimum absolute atomic E-state index is 0.143. The third kappa shape index (κ3) is 3.46. The summed E-state index contributed by atoms with van der Waals surface area (Å²) in [6.45, 7) is 3.26. The molecule has 0 bridgehead atoms. The molecule has 1 saturated heterocycles. The molecule has 1 N–H and O–H groups in total. The van der Waals surface area contributed by atoms with E-state index in [2.05, 4.69) is 10.2 Å². The van der Waals surface area contributed by atoms with Crippen LogP contribution in [0.3, 0.4) is 0 Å². The quantitative estimate of drug-likeness (QED) is 0.913. The predicted octanol–water partition coefficient (Wildman–Crippen LogP) is 3.45. The Labute approximate surface area is 135 Å². The number of hydrogen-bond acceptors (Lipinski definition) is 3. The summed E-state index contributed by atoms with van der Waals surface area (Å²) in [4.78, 5) is 2.16. The van der Waals surface area contributed by atoms with Crippen LogP contribution in [-0.4, -0.2) is 44.6 Å². The largest absolute Gasteiger partial charge is 0.496 e. The van der Waals surface area contributed by atoms with Crippen LogP contribution >= 0.6 is 0 Å². The summed E-state index contributed by atoms with van der Waals surface area (Å²) in [6, 6.07) is 11.4. The summed E-state index contributed by atoms with van der Waals surface area (Å²) in [6.07, 6.45) is -2.47. The molecule has 1 aliphatic rings. The molecule has 0 unspecified atom stereocenters. The molecule has 3 rings (SSSR count). The second-order valence-corrected chi connectivity index (χ2v) is 5.83. The fraction of sp³-hybridized carbons (Fsp3) is 0.444. The molecule has 1 atom stereocenters. The summed E-state index contributed by atoms with van der Waals surface area (Å²) in [5.74, 6) is 0.778. The van der Waals surface area contributed by atoms with Crippen LogP contribution in [0.2, 0.25) is 0 Å². The van der Waals surface area contributed by atoms with Crippen molar-refractivity contribution in [1.82, 2.24) is 10.2 Å². The summed E-state index contributed by atoms with van der Waals surface area (Å²) in [7, 11) is 1.63. The Balaban J connectivity index is 2.06. The molecule has 5 heteroatoms. The van der Waals surface area contributed by atoms with Gasteiger partial charge in [0.25, 0.3) is 0 Å². The Hall–Kier alpha value is -1.72. The van der Waals surface area contributed by atoms with Crippen molar-refractivity contribution in [2.45, 2.75) is 18.9 Å². The van der Waals surface area contributed by atoms with Gasteiger partial charge in [-0.05, 0) is 17.0 Å². The van der Waals surface area contributed by atoms with Gasteiger partial charge in [0.05, 0.1) is 7.11 Å². The molecule has 1 fully saturated rings. The summed E-state index contributed by atoms with van der Waals surface area (Å²) >= 11 is 0. The number of alkyl halides is 2. The van der Waals surface area contributed by atoms with Crippen LogP contribution in [0.1, 0.15) is 18.0 Å². The maximum atomic E-state index is 13.2. The lowest BCUT2D eigenvalue weighted by atomic mass is 9.94. The number of hydrogen-bond donors (Lipinski definition) is 1. The van der Waals surface area contributed by atoms with Crippen LogP contribution in [0, 0.1) is 0 Å². The summed E-state index contributed by atoms with van der Waals surface area (Å²) in [5.41, 5.74) is 0.962. The van der Waals surface area contributed by atoms with Gasteiger partial charge < -0.3 is 10.1 Å². The number of halogens is 2. The highest BCUT2D eigenvalue weighted by Crippen LogP contribution is 2.36. The number of nitrogens with zero attached hydrogens (tertiary/aromatic N) is 1. The molecule has 1 aliphatic heterocycles. The van der Waals surface area contributed by atoms with E-state index < -0.39 is 6.43 Å². The number of piperazine rings is 1. The Kier molecular flexibility index (Phi) is 5.08.